The van der Waals surface area contributed by atoms with E-state index in [4.69, 9.17) is 4.52 Å². The molecule has 16 heavy (non-hydrogen) atoms. The summed E-state index contributed by atoms with van der Waals surface area (Å²) in [6, 6.07) is 0. The summed E-state index contributed by atoms with van der Waals surface area (Å²) in [6.45, 7) is 6.82. The maximum absolute atomic E-state index is 9.81. The van der Waals surface area contributed by atoms with Gasteiger partial charge in [0.05, 0.1) is 0 Å². The summed E-state index contributed by atoms with van der Waals surface area (Å²) in [5.74, 6) is 0.406. The number of unbranched alkanes of at least 4 members (excludes halogenated alkanes) is 2. The van der Waals surface area contributed by atoms with E-state index in [9.17, 15) is 9.79 Å². The molecule has 0 aliphatic rings. The Labute approximate surface area is 101 Å². The SMILES string of the molecule is CCCCO[PH](O)(O)CC(CC)CCCC. The van der Waals surface area contributed by atoms with Gasteiger partial charge in [-0.2, -0.15) is 0 Å². The van der Waals surface area contributed by atoms with Crippen molar-refractivity contribution in [2.75, 3.05) is 12.8 Å². The van der Waals surface area contributed by atoms with Gasteiger partial charge in [-0.3, -0.25) is 0 Å². The van der Waals surface area contributed by atoms with Crippen LogP contribution in [0.3, 0.4) is 0 Å². The first-order chi connectivity index (χ1) is 7.55. The quantitative estimate of drug-likeness (QED) is 0.462. The predicted octanol–water partition coefficient (Wildman–Crippen LogP) is 3.50. The molecule has 4 heteroatoms. The Balaban J connectivity index is 3.89. The molecule has 0 aromatic heterocycles. The fourth-order valence-electron chi connectivity index (χ4n) is 1.76. The first-order valence-corrected chi connectivity index (χ1v) is 8.65. The van der Waals surface area contributed by atoms with Gasteiger partial charge < -0.3 is 0 Å². The molecule has 0 spiro atoms. The summed E-state index contributed by atoms with van der Waals surface area (Å²) >= 11 is 0. The van der Waals surface area contributed by atoms with Crippen LogP contribution in [0.2, 0.25) is 0 Å². The van der Waals surface area contributed by atoms with Gasteiger partial charge in [-0.05, 0) is 0 Å². The van der Waals surface area contributed by atoms with E-state index in [-0.39, 0.29) is 0 Å². The van der Waals surface area contributed by atoms with Crippen molar-refractivity contribution in [3.8, 4) is 0 Å². The number of hydrogen-bond donors (Lipinski definition) is 2. The molecule has 0 aromatic carbocycles. The summed E-state index contributed by atoms with van der Waals surface area (Å²) in [7, 11) is -3.37. The van der Waals surface area contributed by atoms with E-state index in [1.807, 2.05) is 0 Å². The molecule has 0 amide bonds. The average molecular weight is 252 g/mol. The van der Waals surface area contributed by atoms with E-state index in [0.717, 1.165) is 32.1 Å². The van der Waals surface area contributed by atoms with Crippen LogP contribution in [0.4, 0.5) is 0 Å². The molecule has 100 valence electrons. The molecule has 1 unspecified atom stereocenters. The summed E-state index contributed by atoms with van der Waals surface area (Å²) in [6.07, 6.45) is 6.82. The third-order valence-electron chi connectivity index (χ3n) is 2.93. The van der Waals surface area contributed by atoms with Crippen LogP contribution < -0.4 is 0 Å². The van der Waals surface area contributed by atoms with Gasteiger partial charge in [0, 0.05) is 0 Å². The molecule has 0 radical (unpaired) electrons. The van der Waals surface area contributed by atoms with Crippen LogP contribution in [-0.4, -0.2) is 22.6 Å². The van der Waals surface area contributed by atoms with Crippen LogP contribution in [0.15, 0.2) is 0 Å². The minimum absolute atomic E-state index is 0.406. The second-order valence-electron chi connectivity index (χ2n) is 4.57. The molecule has 0 rings (SSSR count). The zero-order valence-corrected chi connectivity index (χ0v) is 12.0. The van der Waals surface area contributed by atoms with E-state index >= 15 is 0 Å². The Bertz CT molecular complexity index is 162. The van der Waals surface area contributed by atoms with Crippen molar-refractivity contribution in [1.29, 1.82) is 0 Å². The van der Waals surface area contributed by atoms with Gasteiger partial charge in [-0.25, -0.2) is 0 Å². The predicted molar refractivity (Wildman–Crippen MR) is 71.8 cm³/mol. The summed E-state index contributed by atoms with van der Waals surface area (Å²) in [5.41, 5.74) is 0. The monoisotopic (exact) mass is 252 g/mol. The van der Waals surface area contributed by atoms with Crippen molar-refractivity contribution in [2.45, 2.75) is 59.3 Å². The molecule has 0 aromatic rings. The normalized spacial score (nSPS) is 15.1. The summed E-state index contributed by atoms with van der Waals surface area (Å²) in [5, 5.41) is 0. The fraction of sp³-hybridized carbons (Fsp3) is 1.00. The first kappa shape index (κ1) is 16.3. The number of hydrogen-bond acceptors (Lipinski definition) is 3. The van der Waals surface area contributed by atoms with Gasteiger partial charge in [-0.15, -0.1) is 0 Å². The molecule has 0 fully saturated rings. The molecule has 0 saturated heterocycles. The molecular weight excluding hydrogens is 223 g/mol. The zero-order chi connectivity index (χ0) is 12.4. The van der Waals surface area contributed by atoms with E-state index in [1.165, 1.54) is 6.42 Å². The molecule has 0 aliphatic carbocycles. The van der Waals surface area contributed by atoms with Crippen LogP contribution in [0.1, 0.15) is 59.3 Å². The maximum atomic E-state index is 9.81. The molecule has 0 bridgehead atoms. The molecular formula is C12H29O3P. The first-order valence-electron chi connectivity index (χ1n) is 6.64. The van der Waals surface area contributed by atoms with Gasteiger partial charge in [-0.1, -0.05) is 0 Å². The Kier molecular flexibility index (Phi) is 9.53. The topological polar surface area (TPSA) is 49.7 Å². The van der Waals surface area contributed by atoms with Crippen LogP contribution in [-0.2, 0) is 4.52 Å². The van der Waals surface area contributed by atoms with Crippen LogP contribution in [0, 0.1) is 5.92 Å². The Morgan fingerprint density at radius 3 is 2.19 bits per heavy atom. The third-order valence-corrected chi connectivity index (χ3v) is 4.70. The molecule has 0 aliphatic heterocycles. The Hall–Kier alpha value is 0.310. The summed E-state index contributed by atoms with van der Waals surface area (Å²) in [4.78, 5) is 19.6. The van der Waals surface area contributed by atoms with Crippen molar-refractivity contribution in [2.24, 2.45) is 5.92 Å². The summed E-state index contributed by atoms with van der Waals surface area (Å²) < 4.78 is 5.23. The molecule has 1 atom stereocenters. The van der Waals surface area contributed by atoms with Crippen LogP contribution in [0.5, 0.6) is 0 Å². The van der Waals surface area contributed by atoms with E-state index < -0.39 is 7.94 Å². The van der Waals surface area contributed by atoms with Crippen LogP contribution >= 0.6 is 7.94 Å². The second kappa shape index (κ2) is 9.35. The number of rotatable bonds is 10. The van der Waals surface area contributed by atoms with E-state index in [1.54, 1.807) is 0 Å². The van der Waals surface area contributed by atoms with Crippen LogP contribution in [0.25, 0.3) is 0 Å². The van der Waals surface area contributed by atoms with Gasteiger partial charge in [0.2, 0.25) is 0 Å². The van der Waals surface area contributed by atoms with E-state index in [0.29, 0.717) is 18.7 Å². The fourth-order valence-corrected chi connectivity index (χ4v) is 3.59. The van der Waals surface area contributed by atoms with Gasteiger partial charge in [0.1, 0.15) is 0 Å². The van der Waals surface area contributed by atoms with Gasteiger partial charge in [0.25, 0.3) is 0 Å². The molecule has 0 heterocycles. The molecule has 3 nitrogen and oxygen atoms in total. The van der Waals surface area contributed by atoms with Gasteiger partial charge in [0.15, 0.2) is 0 Å². The zero-order valence-electron chi connectivity index (χ0n) is 11.0. The minimum atomic E-state index is -3.37. The van der Waals surface area contributed by atoms with E-state index in [2.05, 4.69) is 20.8 Å². The average Bonchev–Trinajstić information content (AvgIpc) is 2.24. The molecule has 0 saturated carbocycles. The van der Waals surface area contributed by atoms with Gasteiger partial charge >= 0.3 is 100 Å². The Morgan fingerprint density at radius 2 is 1.69 bits per heavy atom. The van der Waals surface area contributed by atoms with Crippen molar-refractivity contribution in [3.63, 3.8) is 0 Å². The standard InChI is InChI=1S/C12H29O3P/c1-4-7-9-12(6-3)11-16(13,14)15-10-8-5-2/h12-14,16H,4-11H2,1-3H3. The Morgan fingerprint density at radius 1 is 1.06 bits per heavy atom. The van der Waals surface area contributed by atoms with Crippen molar-refractivity contribution in [3.05, 3.63) is 0 Å². The van der Waals surface area contributed by atoms with Crippen molar-refractivity contribution < 1.29 is 14.3 Å². The molecule has 2 N–H and O–H groups in total. The van der Waals surface area contributed by atoms with Crippen molar-refractivity contribution in [1.82, 2.24) is 0 Å². The van der Waals surface area contributed by atoms with Crippen molar-refractivity contribution >= 4 is 7.94 Å². The second-order valence-corrected chi connectivity index (χ2v) is 6.75. The third kappa shape index (κ3) is 8.46.